The van der Waals surface area contributed by atoms with Gasteiger partial charge in [0.25, 0.3) is 0 Å². The molecule has 15 heavy (non-hydrogen) atoms. The largest absolute Gasteiger partial charge is 1.00 e. The molecule has 0 saturated heterocycles. The molecule has 0 unspecified atom stereocenters. The van der Waals surface area contributed by atoms with Gasteiger partial charge in [0, 0.05) is 11.8 Å². The summed E-state index contributed by atoms with van der Waals surface area (Å²) in [5.41, 5.74) is -0.188. The van der Waals surface area contributed by atoms with E-state index in [9.17, 15) is 18.3 Å². The smallest absolute Gasteiger partial charge is 0.545 e. The quantitative estimate of drug-likeness (QED) is 0.489. The minimum atomic E-state index is -3.46. The number of aromatic nitrogens is 1. The van der Waals surface area contributed by atoms with E-state index in [-0.39, 0.29) is 35.2 Å². The van der Waals surface area contributed by atoms with Crippen molar-refractivity contribution in [1.82, 2.24) is 4.98 Å². The zero-order valence-corrected chi connectivity index (χ0v) is 9.24. The van der Waals surface area contributed by atoms with Crippen LogP contribution in [0, 0.1) is 0 Å². The minimum absolute atomic E-state index is 0. The van der Waals surface area contributed by atoms with E-state index in [1.165, 1.54) is 13.0 Å². The molecule has 0 saturated carbocycles. The molecule has 1 aromatic rings. The van der Waals surface area contributed by atoms with Crippen LogP contribution in [0.25, 0.3) is 0 Å². The first-order valence-electron chi connectivity index (χ1n) is 3.87. The maximum absolute atomic E-state index is 11.3. The molecule has 0 bridgehead atoms. The van der Waals surface area contributed by atoms with Gasteiger partial charge in [0.05, 0.1) is 11.7 Å². The Morgan fingerprint density at radius 1 is 1.53 bits per heavy atom. The molecule has 0 aliphatic heterocycles. The van der Waals surface area contributed by atoms with Crippen molar-refractivity contribution in [3.05, 3.63) is 23.9 Å². The summed E-state index contributed by atoms with van der Waals surface area (Å²) < 4.78 is 22.6. The van der Waals surface area contributed by atoms with Crippen molar-refractivity contribution in [1.29, 1.82) is 0 Å². The van der Waals surface area contributed by atoms with E-state index in [1.807, 2.05) is 0 Å². The van der Waals surface area contributed by atoms with E-state index in [1.54, 1.807) is 0 Å². The Bertz CT molecular complexity index is 457. The monoisotopic (exact) mass is 221 g/mol. The summed E-state index contributed by atoms with van der Waals surface area (Å²) in [6.07, 6.45) is 1.13. The third-order valence-corrected chi connectivity index (χ3v) is 3.29. The van der Waals surface area contributed by atoms with Crippen LogP contribution in [0.15, 0.2) is 23.4 Å². The van der Waals surface area contributed by atoms with Gasteiger partial charge in [-0.25, -0.2) is 13.4 Å². The number of nitrogens with zero attached hydrogens (tertiary/aromatic N) is 1. The Kier molecular flexibility index (Phi) is 5.01. The van der Waals surface area contributed by atoms with E-state index in [2.05, 4.69) is 4.98 Å². The molecule has 1 aromatic heterocycles. The van der Waals surface area contributed by atoms with Crippen molar-refractivity contribution in [2.75, 3.05) is 5.75 Å². The Morgan fingerprint density at radius 2 is 2.13 bits per heavy atom. The van der Waals surface area contributed by atoms with Crippen molar-refractivity contribution in [3.8, 4) is 0 Å². The van der Waals surface area contributed by atoms with E-state index < -0.39 is 15.8 Å². The van der Waals surface area contributed by atoms with E-state index in [0.29, 0.717) is 0 Å². The summed E-state index contributed by atoms with van der Waals surface area (Å²) in [6.45, 7) is 1.46. The summed E-state index contributed by atoms with van der Waals surface area (Å²) in [5, 5.41) is 10.2. The number of pyridine rings is 1. The van der Waals surface area contributed by atoms with Crippen LogP contribution in [0.3, 0.4) is 0 Å². The van der Waals surface area contributed by atoms with Gasteiger partial charge in [-0.05, 0) is 12.1 Å². The molecule has 0 amide bonds. The van der Waals surface area contributed by atoms with Crippen LogP contribution in [0.5, 0.6) is 0 Å². The van der Waals surface area contributed by atoms with Gasteiger partial charge >= 0.3 is 18.9 Å². The van der Waals surface area contributed by atoms with Gasteiger partial charge in [-0.3, -0.25) is 0 Å². The molecule has 0 radical (unpaired) electrons. The van der Waals surface area contributed by atoms with Gasteiger partial charge < -0.3 is 9.90 Å². The zero-order valence-electron chi connectivity index (χ0n) is 8.43. The third kappa shape index (κ3) is 3.34. The Balaban J connectivity index is 0.00000196. The van der Waals surface area contributed by atoms with Crippen molar-refractivity contribution in [2.24, 2.45) is 0 Å². The predicted molar refractivity (Wildman–Crippen MR) is 46.3 cm³/mol. The SMILES string of the molecule is CCS(=O)(=O)c1cc(C(=O)[O-])ccn1.[Li+]. The number of carboxylic acid groups (broad SMARTS) is 1. The molecular formula is C8H8LiNO4S. The van der Waals surface area contributed by atoms with Gasteiger partial charge in [0.1, 0.15) is 0 Å². The van der Waals surface area contributed by atoms with Gasteiger partial charge in [0.2, 0.25) is 0 Å². The number of carbonyl (C=O) groups excluding carboxylic acids is 1. The second-order valence-electron chi connectivity index (χ2n) is 2.57. The fourth-order valence-corrected chi connectivity index (χ4v) is 1.68. The normalized spacial score (nSPS) is 10.5. The molecule has 1 heterocycles. The fraction of sp³-hybridized carbons (Fsp3) is 0.250. The molecule has 7 heteroatoms. The Morgan fingerprint density at radius 3 is 2.60 bits per heavy atom. The van der Waals surface area contributed by atoms with Crippen LogP contribution < -0.4 is 24.0 Å². The third-order valence-electron chi connectivity index (χ3n) is 1.67. The van der Waals surface area contributed by atoms with Gasteiger partial charge in [-0.1, -0.05) is 6.92 Å². The molecule has 76 valence electrons. The number of carbonyl (C=O) groups is 1. The van der Waals surface area contributed by atoms with Crippen LogP contribution in [0.4, 0.5) is 0 Å². The second kappa shape index (κ2) is 5.31. The predicted octanol–water partition coefficient (Wildman–Crippen LogP) is -3.76. The average Bonchev–Trinajstić information content (AvgIpc) is 2.18. The summed E-state index contributed by atoms with van der Waals surface area (Å²) >= 11 is 0. The Labute approximate surface area is 99.6 Å². The number of hydrogen-bond acceptors (Lipinski definition) is 5. The maximum atomic E-state index is 11.3. The van der Waals surface area contributed by atoms with Crippen LogP contribution in [0.2, 0.25) is 0 Å². The van der Waals surface area contributed by atoms with Crippen molar-refractivity contribution < 1.29 is 37.2 Å². The Hall–Kier alpha value is -0.833. The molecule has 1 rings (SSSR count). The topological polar surface area (TPSA) is 87.2 Å². The van der Waals surface area contributed by atoms with Crippen molar-refractivity contribution in [3.63, 3.8) is 0 Å². The molecular weight excluding hydrogens is 213 g/mol. The number of hydrogen-bond donors (Lipinski definition) is 0. The van der Waals surface area contributed by atoms with E-state index in [0.717, 1.165) is 12.3 Å². The number of aromatic carboxylic acids is 1. The first-order chi connectivity index (χ1) is 6.47. The summed E-state index contributed by atoms with van der Waals surface area (Å²) in [5.74, 6) is -1.53. The number of rotatable bonds is 3. The molecule has 0 aliphatic rings. The summed E-state index contributed by atoms with van der Waals surface area (Å²) in [6, 6.07) is 2.18. The molecule has 0 aliphatic carbocycles. The molecule has 0 N–H and O–H groups in total. The number of carboxylic acids is 1. The minimum Gasteiger partial charge on any atom is -0.545 e. The standard InChI is InChI=1S/C8H9NO4S.Li/c1-2-14(12,13)7-5-6(8(10)11)3-4-9-7;/h3-5H,2H2,1H3,(H,10,11);/q;+1/p-1. The molecule has 0 spiro atoms. The number of sulfone groups is 1. The molecule has 0 atom stereocenters. The molecule has 0 fully saturated rings. The van der Waals surface area contributed by atoms with Gasteiger partial charge in [0.15, 0.2) is 14.9 Å². The van der Waals surface area contributed by atoms with E-state index in [4.69, 9.17) is 0 Å². The van der Waals surface area contributed by atoms with Crippen LogP contribution in [-0.4, -0.2) is 25.1 Å². The van der Waals surface area contributed by atoms with Gasteiger partial charge in [-0.2, -0.15) is 0 Å². The zero-order chi connectivity index (χ0) is 10.8. The molecule has 5 nitrogen and oxygen atoms in total. The van der Waals surface area contributed by atoms with Crippen LogP contribution in [-0.2, 0) is 9.84 Å². The van der Waals surface area contributed by atoms with Crippen LogP contribution in [0.1, 0.15) is 17.3 Å². The second-order valence-corrected chi connectivity index (χ2v) is 4.80. The van der Waals surface area contributed by atoms with Gasteiger partial charge in [-0.15, -0.1) is 0 Å². The average molecular weight is 221 g/mol. The fourth-order valence-electron chi connectivity index (χ4n) is 0.854. The van der Waals surface area contributed by atoms with E-state index >= 15 is 0 Å². The van der Waals surface area contributed by atoms with Crippen LogP contribution >= 0.6 is 0 Å². The first kappa shape index (κ1) is 14.2. The maximum Gasteiger partial charge on any atom is 1.00 e. The van der Waals surface area contributed by atoms with Crippen molar-refractivity contribution in [2.45, 2.75) is 11.9 Å². The van der Waals surface area contributed by atoms with Crippen molar-refractivity contribution >= 4 is 15.8 Å². The molecule has 0 aromatic carbocycles. The first-order valence-corrected chi connectivity index (χ1v) is 5.52. The summed E-state index contributed by atoms with van der Waals surface area (Å²) in [4.78, 5) is 14.0. The summed E-state index contributed by atoms with van der Waals surface area (Å²) in [7, 11) is -3.46.